The summed E-state index contributed by atoms with van der Waals surface area (Å²) in [5.74, 6) is -0.415. The predicted molar refractivity (Wildman–Crippen MR) is 95.7 cm³/mol. The SMILES string of the molecule is O=C(Cc1ccccc1)NCC(=O)Nc1ccc2ccccc2c1. The van der Waals surface area contributed by atoms with Gasteiger partial charge in [-0.2, -0.15) is 0 Å². The van der Waals surface area contributed by atoms with Crippen molar-refractivity contribution in [2.24, 2.45) is 0 Å². The zero-order chi connectivity index (χ0) is 16.8. The molecule has 0 heterocycles. The van der Waals surface area contributed by atoms with E-state index in [1.807, 2.05) is 72.8 Å². The molecule has 0 aromatic heterocycles. The van der Waals surface area contributed by atoms with Crippen molar-refractivity contribution < 1.29 is 9.59 Å². The van der Waals surface area contributed by atoms with E-state index in [0.717, 1.165) is 22.0 Å². The molecule has 3 aromatic rings. The summed E-state index contributed by atoms with van der Waals surface area (Å²) in [5.41, 5.74) is 1.64. The number of carbonyl (C=O) groups excluding carboxylic acids is 2. The summed E-state index contributed by atoms with van der Waals surface area (Å²) in [7, 11) is 0. The molecular formula is C20H18N2O2. The van der Waals surface area contributed by atoms with Crippen LogP contribution in [0.4, 0.5) is 5.69 Å². The summed E-state index contributed by atoms with van der Waals surface area (Å²) in [6.45, 7) is -0.0432. The zero-order valence-electron chi connectivity index (χ0n) is 13.2. The molecule has 0 fully saturated rings. The molecule has 0 bridgehead atoms. The Labute approximate surface area is 140 Å². The minimum absolute atomic E-state index is 0.0432. The van der Waals surface area contributed by atoms with E-state index in [-0.39, 0.29) is 24.8 Å². The van der Waals surface area contributed by atoms with Gasteiger partial charge in [-0.25, -0.2) is 0 Å². The van der Waals surface area contributed by atoms with E-state index in [9.17, 15) is 9.59 Å². The van der Waals surface area contributed by atoms with Crippen LogP contribution in [0.5, 0.6) is 0 Å². The summed E-state index contributed by atoms with van der Waals surface area (Å²) in [5, 5.41) is 7.61. The lowest BCUT2D eigenvalue weighted by Gasteiger charge is -2.08. The highest BCUT2D eigenvalue weighted by Crippen LogP contribution is 2.18. The molecule has 0 aliphatic heterocycles. The van der Waals surface area contributed by atoms with Gasteiger partial charge in [0.05, 0.1) is 13.0 Å². The third kappa shape index (κ3) is 4.20. The van der Waals surface area contributed by atoms with Crippen molar-refractivity contribution in [3.63, 3.8) is 0 Å². The number of anilines is 1. The summed E-state index contributed by atoms with van der Waals surface area (Å²) >= 11 is 0. The summed E-state index contributed by atoms with van der Waals surface area (Å²) in [6.07, 6.45) is 0.268. The van der Waals surface area contributed by atoms with Gasteiger partial charge in [-0.05, 0) is 28.5 Å². The monoisotopic (exact) mass is 318 g/mol. The number of carbonyl (C=O) groups is 2. The third-order valence-electron chi connectivity index (χ3n) is 3.69. The predicted octanol–water partition coefficient (Wildman–Crippen LogP) is 3.14. The third-order valence-corrected chi connectivity index (χ3v) is 3.69. The number of benzene rings is 3. The van der Waals surface area contributed by atoms with Crippen LogP contribution in [0.1, 0.15) is 5.56 Å². The standard InChI is InChI=1S/C20H18N2O2/c23-19(12-15-6-2-1-3-7-15)21-14-20(24)22-18-11-10-16-8-4-5-9-17(16)13-18/h1-11,13H,12,14H2,(H,21,23)(H,22,24). The molecule has 2 N–H and O–H groups in total. The van der Waals surface area contributed by atoms with Crippen molar-refractivity contribution in [2.45, 2.75) is 6.42 Å². The Bertz CT molecular complexity index is 860. The average molecular weight is 318 g/mol. The highest BCUT2D eigenvalue weighted by Gasteiger charge is 2.07. The lowest BCUT2D eigenvalue weighted by molar-refractivity contribution is -0.123. The van der Waals surface area contributed by atoms with Crippen LogP contribution in [0, 0.1) is 0 Å². The highest BCUT2D eigenvalue weighted by molar-refractivity contribution is 5.97. The van der Waals surface area contributed by atoms with E-state index >= 15 is 0 Å². The smallest absolute Gasteiger partial charge is 0.243 e. The first kappa shape index (κ1) is 15.7. The Morgan fingerprint density at radius 2 is 1.46 bits per heavy atom. The molecule has 0 aliphatic carbocycles. The maximum absolute atomic E-state index is 12.0. The van der Waals surface area contributed by atoms with Crippen LogP contribution < -0.4 is 10.6 Å². The summed E-state index contributed by atoms with van der Waals surface area (Å²) in [4.78, 5) is 23.8. The second-order valence-corrected chi connectivity index (χ2v) is 5.55. The Hall–Kier alpha value is -3.14. The molecule has 0 unspecified atom stereocenters. The minimum atomic E-state index is -0.244. The van der Waals surface area contributed by atoms with Crippen LogP contribution >= 0.6 is 0 Å². The molecule has 0 spiro atoms. The van der Waals surface area contributed by atoms with Gasteiger partial charge >= 0.3 is 0 Å². The van der Waals surface area contributed by atoms with Gasteiger partial charge in [-0.15, -0.1) is 0 Å². The average Bonchev–Trinajstić information content (AvgIpc) is 2.61. The molecule has 120 valence electrons. The van der Waals surface area contributed by atoms with E-state index in [1.54, 1.807) is 0 Å². The Morgan fingerprint density at radius 3 is 2.25 bits per heavy atom. The molecule has 0 atom stereocenters. The summed E-state index contributed by atoms with van der Waals surface area (Å²) < 4.78 is 0. The second-order valence-electron chi connectivity index (χ2n) is 5.55. The fraction of sp³-hybridized carbons (Fsp3) is 0.100. The molecule has 24 heavy (non-hydrogen) atoms. The molecule has 0 saturated heterocycles. The van der Waals surface area contributed by atoms with Crippen LogP contribution in [0.25, 0.3) is 10.8 Å². The van der Waals surface area contributed by atoms with E-state index < -0.39 is 0 Å². The Balaban J connectivity index is 1.52. The molecule has 0 radical (unpaired) electrons. The number of fused-ring (bicyclic) bond motifs is 1. The van der Waals surface area contributed by atoms with Gasteiger partial charge in [0, 0.05) is 5.69 Å². The quantitative estimate of drug-likeness (QED) is 0.759. The van der Waals surface area contributed by atoms with Crippen molar-refractivity contribution in [1.82, 2.24) is 5.32 Å². The number of hydrogen-bond donors (Lipinski definition) is 2. The van der Waals surface area contributed by atoms with Gasteiger partial charge in [-0.3, -0.25) is 9.59 Å². The van der Waals surface area contributed by atoms with Crippen molar-refractivity contribution in [1.29, 1.82) is 0 Å². The van der Waals surface area contributed by atoms with Gasteiger partial charge in [0.2, 0.25) is 11.8 Å². The van der Waals surface area contributed by atoms with E-state index in [2.05, 4.69) is 10.6 Å². The first-order chi connectivity index (χ1) is 11.7. The second kappa shape index (κ2) is 7.42. The van der Waals surface area contributed by atoms with Gasteiger partial charge in [0.25, 0.3) is 0 Å². The molecule has 0 aliphatic rings. The molecule has 2 amide bonds. The molecule has 0 saturated carbocycles. The minimum Gasteiger partial charge on any atom is -0.347 e. The maximum atomic E-state index is 12.0. The number of amides is 2. The van der Waals surface area contributed by atoms with E-state index in [1.165, 1.54) is 0 Å². The maximum Gasteiger partial charge on any atom is 0.243 e. The normalized spacial score (nSPS) is 10.3. The van der Waals surface area contributed by atoms with E-state index in [4.69, 9.17) is 0 Å². The van der Waals surface area contributed by atoms with Crippen molar-refractivity contribution in [3.8, 4) is 0 Å². The first-order valence-electron chi connectivity index (χ1n) is 7.80. The van der Waals surface area contributed by atoms with Crippen molar-refractivity contribution in [2.75, 3.05) is 11.9 Å². The fourth-order valence-corrected chi connectivity index (χ4v) is 2.49. The van der Waals surface area contributed by atoms with Crippen LogP contribution in [-0.2, 0) is 16.0 Å². The van der Waals surface area contributed by atoms with Crippen molar-refractivity contribution in [3.05, 3.63) is 78.4 Å². The topological polar surface area (TPSA) is 58.2 Å². The van der Waals surface area contributed by atoms with Crippen LogP contribution in [-0.4, -0.2) is 18.4 Å². The molecular weight excluding hydrogens is 300 g/mol. The first-order valence-corrected chi connectivity index (χ1v) is 7.80. The van der Waals surface area contributed by atoms with Gasteiger partial charge in [0.1, 0.15) is 0 Å². The largest absolute Gasteiger partial charge is 0.347 e. The fourth-order valence-electron chi connectivity index (χ4n) is 2.49. The highest BCUT2D eigenvalue weighted by atomic mass is 16.2. The van der Waals surface area contributed by atoms with Gasteiger partial charge in [-0.1, -0.05) is 60.7 Å². The summed E-state index contributed by atoms with van der Waals surface area (Å²) in [6, 6.07) is 23.1. The number of nitrogens with one attached hydrogen (secondary N) is 2. The van der Waals surface area contributed by atoms with E-state index in [0.29, 0.717) is 0 Å². The number of rotatable bonds is 5. The lowest BCUT2D eigenvalue weighted by Crippen LogP contribution is -2.33. The Morgan fingerprint density at radius 1 is 0.750 bits per heavy atom. The zero-order valence-corrected chi connectivity index (χ0v) is 13.2. The molecule has 4 nitrogen and oxygen atoms in total. The van der Waals surface area contributed by atoms with Crippen LogP contribution in [0.3, 0.4) is 0 Å². The van der Waals surface area contributed by atoms with Crippen LogP contribution in [0.2, 0.25) is 0 Å². The van der Waals surface area contributed by atoms with Gasteiger partial charge < -0.3 is 10.6 Å². The molecule has 3 aromatic carbocycles. The van der Waals surface area contributed by atoms with Crippen LogP contribution in [0.15, 0.2) is 72.8 Å². The molecule has 4 heteroatoms. The van der Waals surface area contributed by atoms with Gasteiger partial charge in [0.15, 0.2) is 0 Å². The molecule has 3 rings (SSSR count). The number of hydrogen-bond acceptors (Lipinski definition) is 2. The lowest BCUT2D eigenvalue weighted by atomic mass is 10.1. The van der Waals surface area contributed by atoms with Crippen molar-refractivity contribution >= 4 is 28.3 Å². The Kier molecular flexibility index (Phi) is 4.87.